The standard InChI is InChI=1S/C17H32N2O6/c1-16(2,3)24-14(21)12(18-15(22)25-17(4,5)6)10-9-11-13(20)19(7)23-8/h12H,9-11H2,1-8H3,(H,18,22)/t12-/m0/s1. The lowest BCUT2D eigenvalue weighted by atomic mass is 10.1. The summed E-state index contributed by atoms with van der Waals surface area (Å²) in [5, 5.41) is 3.64. The monoisotopic (exact) mass is 360 g/mol. The average Bonchev–Trinajstić information content (AvgIpc) is 2.41. The number of hydroxylamine groups is 2. The van der Waals surface area contributed by atoms with E-state index in [4.69, 9.17) is 14.3 Å². The summed E-state index contributed by atoms with van der Waals surface area (Å²) in [6, 6.07) is -0.894. The van der Waals surface area contributed by atoms with Gasteiger partial charge in [-0.2, -0.15) is 0 Å². The Balaban J connectivity index is 4.81. The van der Waals surface area contributed by atoms with Crippen molar-refractivity contribution in [2.24, 2.45) is 0 Å². The van der Waals surface area contributed by atoms with Crippen LogP contribution in [0, 0.1) is 0 Å². The van der Waals surface area contributed by atoms with E-state index in [1.165, 1.54) is 14.2 Å². The molecule has 25 heavy (non-hydrogen) atoms. The molecular formula is C17H32N2O6. The fourth-order valence-corrected chi connectivity index (χ4v) is 1.79. The second-order valence-electron chi connectivity index (χ2n) is 7.70. The van der Waals surface area contributed by atoms with E-state index in [1.807, 2.05) is 0 Å². The van der Waals surface area contributed by atoms with Crippen LogP contribution >= 0.6 is 0 Å². The van der Waals surface area contributed by atoms with E-state index in [-0.39, 0.29) is 18.7 Å². The molecule has 0 aliphatic carbocycles. The molecule has 0 rings (SSSR count). The summed E-state index contributed by atoms with van der Waals surface area (Å²) in [4.78, 5) is 40.8. The Morgan fingerprint density at radius 2 is 1.52 bits per heavy atom. The third-order valence-electron chi connectivity index (χ3n) is 2.89. The molecule has 0 aromatic rings. The van der Waals surface area contributed by atoms with Gasteiger partial charge >= 0.3 is 12.1 Å². The SMILES string of the molecule is CON(C)C(=O)CCC[C@H](NC(=O)OC(C)(C)C)C(=O)OC(C)(C)C. The first-order valence-electron chi connectivity index (χ1n) is 8.28. The fourth-order valence-electron chi connectivity index (χ4n) is 1.79. The minimum atomic E-state index is -0.894. The summed E-state index contributed by atoms with van der Waals surface area (Å²) in [7, 11) is 2.90. The zero-order chi connectivity index (χ0) is 19.8. The zero-order valence-corrected chi connectivity index (χ0v) is 16.6. The van der Waals surface area contributed by atoms with Gasteiger partial charge in [0.2, 0.25) is 5.91 Å². The summed E-state index contributed by atoms with van der Waals surface area (Å²) in [5.41, 5.74) is -1.36. The van der Waals surface area contributed by atoms with Gasteiger partial charge in [-0.3, -0.25) is 9.63 Å². The van der Waals surface area contributed by atoms with Crippen LogP contribution in [0.25, 0.3) is 0 Å². The molecule has 0 aliphatic rings. The molecule has 0 fully saturated rings. The predicted octanol–water partition coefficient (Wildman–Crippen LogP) is 2.41. The van der Waals surface area contributed by atoms with Gasteiger partial charge < -0.3 is 14.8 Å². The van der Waals surface area contributed by atoms with Gasteiger partial charge in [-0.25, -0.2) is 14.7 Å². The number of ether oxygens (including phenoxy) is 2. The summed E-state index contributed by atoms with van der Waals surface area (Å²) < 4.78 is 10.5. The lowest BCUT2D eigenvalue weighted by molar-refractivity contribution is -0.169. The van der Waals surface area contributed by atoms with Crippen molar-refractivity contribution in [1.82, 2.24) is 10.4 Å². The number of carbonyl (C=O) groups is 3. The van der Waals surface area contributed by atoms with Gasteiger partial charge in [0.05, 0.1) is 7.11 Å². The molecule has 0 unspecified atom stereocenters. The van der Waals surface area contributed by atoms with Crippen molar-refractivity contribution in [3.63, 3.8) is 0 Å². The van der Waals surface area contributed by atoms with Crippen LogP contribution in [-0.2, 0) is 23.9 Å². The summed E-state index contributed by atoms with van der Waals surface area (Å²) in [6.45, 7) is 10.4. The largest absolute Gasteiger partial charge is 0.458 e. The van der Waals surface area contributed by atoms with Crippen LogP contribution in [0.15, 0.2) is 0 Å². The number of alkyl carbamates (subject to hydrolysis) is 1. The van der Waals surface area contributed by atoms with Crippen LogP contribution in [0.1, 0.15) is 60.8 Å². The van der Waals surface area contributed by atoms with Crippen molar-refractivity contribution in [3.8, 4) is 0 Å². The second-order valence-corrected chi connectivity index (χ2v) is 7.70. The van der Waals surface area contributed by atoms with Gasteiger partial charge in [-0.05, 0) is 54.4 Å². The molecule has 2 amide bonds. The van der Waals surface area contributed by atoms with Crippen molar-refractivity contribution in [2.45, 2.75) is 78.0 Å². The molecule has 1 atom stereocenters. The van der Waals surface area contributed by atoms with Gasteiger partial charge in [-0.15, -0.1) is 0 Å². The van der Waals surface area contributed by atoms with Gasteiger partial charge in [-0.1, -0.05) is 0 Å². The highest BCUT2D eigenvalue weighted by molar-refractivity contribution is 5.82. The van der Waals surface area contributed by atoms with Crippen LogP contribution in [-0.4, -0.2) is 54.4 Å². The summed E-state index contributed by atoms with van der Waals surface area (Å²) >= 11 is 0. The van der Waals surface area contributed by atoms with Crippen molar-refractivity contribution in [2.75, 3.05) is 14.2 Å². The maximum absolute atomic E-state index is 12.3. The first-order chi connectivity index (χ1) is 11.2. The number of carbonyl (C=O) groups excluding carboxylic acids is 3. The van der Waals surface area contributed by atoms with Crippen molar-refractivity contribution < 1.29 is 28.7 Å². The van der Waals surface area contributed by atoms with E-state index in [9.17, 15) is 14.4 Å². The lowest BCUT2D eigenvalue weighted by Gasteiger charge is -2.26. The summed E-state index contributed by atoms with van der Waals surface area (Å²) in [5.74, 6) is -0.784. The first kappa shape index (κ1) is 23.2. The van der Waals surface area contributed by atoms with Crippen LogP contribution in [0.5, 0.6) is 0 Å². The Kier molecular flexibility index (Phi) is 8.90. The minimum Gasteiger partial charge on any atom is -0.458 e. The minimum absolute atomic E-state index is 0.180. The van der Waals surface area contributed by atoms with Crippen molar-refractivity contribution in [1.29, 1.82) is 0 Å². The molecule has 0 aliphatic heterocycles. The van der Waals surface area contributed by atoms with E-state index >= 15 is 0 Å². The molecule has 0 heterocycles. The van der Waals surface area contributed by atoms with Gasteiger partial charge in [0, 0.05) is 13.5 Å². The topological polar surface area (TPSA) is 94.2 Å². The van der Waals surface area contributed by atoms with E-state index in [2.05, 4.69) is 5.32 Å². The highest BCUT2D eigenvalue weighted by Gasteiger charge is 2.28. The van der Waals surface area contributed by atoms with Gasteiger partial charge in [0.15, 0.2) is 0 Å². The third kappa shape index (κ3) is 11.4. The zero-order valence-electron chi connectivity index (χ0n) is 16.6. The number of nitrogens with one attached hydrogen (secondary N) is 1. The Morgan fingerprint density at radius 1 is 1.00 bits per heavy atom. The van der Waals surface area contributed by atoms with Crippen LogP contribution < -0.4 is 5.32 Å². The highest BCUT2D eigenvalue weighted by atomic mass is 16.7. The van der Waals surface area contributed by atoms with Crippen molar-refractivity contribution >= 4 is 18.0 Å². The fraction of sp³-hybridized carbons (Fsp3) is 0.824. The molecule has 146 valence electrons. The summed E-state index contributed by atoms with van der Waals surface area (Å²) in [6.07, 6.45) is 0.104. The molecule has 0 saturated heterocycles. The van der Waals surface area contributed by atoms with Crippen LogP contribution in [0.3, 0.4) is 0 Å². The number of hydrogen-bond acceptors (Lipinski definition) is 6. The maximum atomic E-state index is 12.3. The van der Waals surface area contributed by atoms with Crippen LogP contribution in [0.4, 0.5) is 4.79 Å². The van der Waals surface area contributed by atoms with E-state index < -0.39 is 29.3 Å². The first-order valence-corrected chi connectivity index (χ1v) is 8.28. The quantitative estimate of drug-likeness (QED) is 0.553. The van der Waals surface area contributed by atoms with E-state index in [0.29, 0.717) is 6.42 Å². The number of hydrogen-bond donors (Lipinski definition) is 1. The molecule has 0 bridgehead atoms. The van der Waals surface area contributed by atoms with Crippen LogP contribution in [0.2, 0.25) is 0 Å². The van der Waals surface area contributed by atoms with Gasteiger partial charge in [0.25, 0.3) is 0 Å². The number of esters is 1. The second kappa shape index (κ2) is 9.60. The molecule has 0 radical (unpaired) electrons. The number of amides is 2. The Morgan fingerprint density at radius 3 is 1.96 bits per heavy atom. The normalized spacial score (nSPS) is 13.0. The Labute approximate surface area is 150 Å². The Hall–Kier alpha value is -1.83. The molecule has 0 aromatic carbocycles. The Bertz CT molecular complexity index is 465. The molecule has 0 spiro atoms. The van der Waals surface area contributed by atoms with Gasteiger partial charge in [0.1, 0.15) is 17.2 Å². The van der Waals surface area contributed by atoms with E-state index in [1.54, 1.807) is 41.5 Å². The maximum Gasteiger partial charge on any atom is 0.408 e. The molecule has 0 saturated carbocycles. The molecule has 1 N–H and O–H groups in total. The van der Waals surface area contributed by atoms with Crippen molar-refractivity contribution in [3.05, 3.63) is 0 Å². The number of nitrogens with zero attached hydrogens (tertiary/aromatic N) is 1. The molecule has 0 aromatic heterocycles. The molecule has 8 heteroatoms. The predicted molar refractivity (Wildman–Crippen MR) is 92.6 cm³/mol. The lowest BCUT2D eigenvalue weighted by Crippen LogP contribution is -2.46. The third-order valence-corrected chi connectivity index (χ3v) is 2.89. The average molecular weight is 360 g/mol. The molecular weight excluding hydrogens is 328 g/mol. The van der Waals surface area contributed by atoms with E-state index in [0.717, 1.165) is 5.06 Å². The smallest absolute Gasteiger partial charge is 0.408 e. The number of rotatable bonds is 7. The highest BCUT2D eigenvalue weighted by Crippen LogP contribution is 2.13. The molecule has 8 nitrogen and oxygen atoms in total.